The molecular weight excluding hydrogens is 436 g/mol. The van der Waals surface area contributed by atoms with E-state index < -0.39 is 47.2 Å². The van der Waals surface area contributed by atoms with E-state index in [0.29, 0.717) is 16.9 Å². The standard InChI is InChI=1S/C24H29ClO7/c1-11(13(3)26)7-8-15-9-16-17(10-30-15)18-19-22(28)31-14(4)12(2)24(19,29-6)32-23(18,5)21(27)20(16)25/h7-14,18-19,26H,1-6H3. The number of ketones is 1. The maximum Gasteiger partial charge on any atom is 0.315 e. The van der Waals surface area contributed by atoms with Gasteiger partial charge in [0.1, 0.15) is 23.4 Å². The van der Waals surface area contributed by atoms with Gasteiger partial charge in [-0.3, -0.25) is 9.59 Å². The minimum Gasteiger partial charge on any atom is -0.465 e. The average molecular weight is 465 g/mol. The number of Topliss-reactive ketones (excluding diaryl/α,β-unsaturated/α-hetero) is 1. The summed E-state index contributed by atoms with van der Waals surface area (Å²) in [5.74, 6) is -3.68. The highest BCUT2D eigenvalue weighted by molar-refractivity contribution is 6.45. The third-order valence-corrected chi connectivity index (χ3v) is 7.79. The van der Waals surface area contributed by atoms with Crippen LogP contribution in [0.5, 0.6) is 0 Å². The Labute approximate surface area is 192 Å². The van der Waals surface area contributed by atoms with Gasteiger partial charge in [-0.25, -0.2) is 0 Å². The van der Waals surface area contributed by atoms with Gasteiger partial charge in [-0.05, 0) is 32.9 Å². The van der Waals surface area contributed by atoms with E-state index in [4.69, 9.17) is 30.5 Å². The van der Waals surface area contributed by atoms with Gasteiger partial charge in [0, 0.05) is 36.0 Å². The fourth-order valence-corrected chi connectivity index (χ4v) is 5.46. The summed E-state index contributed by atoms with van der Waals surface area (Å²) in [4.78, 5) is 26.6. The molecule has 0 amide bonds. The van der Waals surface area contributed by atoms with Crippen LogP contribution in [0.25, 0.3) is 0 Å². The fourth-order valence-electron chi connectivity index (χ4n) is 5.11. The maximum absolute atomic E-state index is 13.5. The zero-order valence-corrected chi connectivity index (χ0v) is 19.8. The molecule has 4 rings (SSSR count). The number of allylic oxidation sites excluding steroid dienone is 3. The van der Waals surface area contributed by atoms with Gasteiger partial charge in [-0.15, -0.1) is 0 Å². The molecule has 2 saturated heterocycles. The van der Waals surface area contributed by atoms with E-state index in [2.05, 4.69) is 0 Å². The lowest BCUT2D eigenvalue weighted by Gasteiger charge is -2.44. The summed E-state index contributed by atoms with van der Waals surface area (Å²) in [6, 6.07) is 0. The normalized spacial score (nSPS) is 40.6. The van der Waals surface area contributed by atoms with Crippen molar-refractivity contribution < 1.29 is 33.6 Å². The number of aliphatic hydroxyl groups excluding tert-OH is 1. The predicted octanol–water partition coefficient (Wildman–Crippen LogP) is 3.38. The van der Waals surface area contributed by atoms with Crippen molar-refractivity contribution in [2.24, 2.45) is 23.7 Å². The van der Waals surface area contributed by atoms with Gasteiger partial charge in [-0.2, -0.15) is 0 Å². The van der Waals surface area contributed by atoms with E-state index in [1.807, 2.05) is 19.9 Å². The van der Waals surface area contributed by atoms with Crippen molar-refractivity contribution in [2.45, 2.75) is 58.2 Å². The zero-order chi connectivity index (χ0) is 23.6. The SMILES string of the molecule is COC12OC3(C)C(=O)C(Cl)=C4C=C(C=CC(C)C(C)O)OC=C4C3C1C(=O)OC(C)C2C. The number of hydrogen-bond acceptors (Lipinski definition) is 7. The molecule has 1 aliphatic carbocycles. The summed E-state index contributed by atoms with van der Waals surface area (Å²) in [7, 11) is 1.48. The van der Waals surface area contributed by atoms with Crippen LogP contribution in [-0.2, 0) is 28.5 Å². The molecule has 0 radical (unpaired) electrons. The van der Waals surface area contributed by atoms with Crippen LogP contribution in [0.1, 0.15) is 34.6 Å². The molecule has 0 aromatic rings. The smallest absolute Gasteiger partial charge is 0.315 e. The topological polar surface area (TPSA) is 91.3 Å². The van der Waals surface area contributed by atoms with Crippen molar-refractivity contribution in [3.05, 3.63) is 46.4 Å². The van der Waals surface area contributed by atoms with Crippen LogP contribution >= 0.6 is 11.6 Å². The molecule has 8 heteroatoms. The molecule has 174 valence electrons. The molecule has 7 nitrogen and oxygen atoms in total. The molecule has 0 spiro atoms. The molecular formula is C24H29ClO7. The van der Waals surface area contributed by atoms with Gasteiger partial charge in [0.2, 0.25) is 5.78 Å². The minimum absolute atomic E-state index is 0.0201. The number of hydrogen-bond donors (Lipinski definition) is 1. The molecule has 4 aliphatic rings. The number of esters is 1. The largest absolute Gasteiger partial charge is 0.465 e. The maximum atomic E-state index is 13.5. The number of halogens is 1. The van der Waals surface area contributed by atoms with Gasteiger partial charge >= 0.3 is 5.97 Å². The molecule has 3 heterocycles. The molecule has 2 fully saturated rings. The quantitative estimate of drug-likeness (QED) is 0.637. The van der Waals surface area contributed by atoms with E-state index >= 15 is 0 Å². The van der Waals surface area contributed by atoms with Gasteiger partial charge < -0.3 is 24.1 Å². The van der Waals surface area contributed by atoms with Crippen molar-refractivity contribution in [1.82, 2.24) is 0 Å². The minimum atomic E-state index is -1.41. The van der Waals surface area contributed by atoms with Crippen molar-refractivity contribution in [2.75, 3.05) is 7.11 Å². The van der Waals surface area contributed by atoms with E-state index in [9.17, 15) is 14.7 Å². The Morgan fingerprint density at radius 1 is 1.25 bits per heavy atom. The summed E-state index contributed by atoms with van der Waals surface area (Å²) in [6.45, 7) is 8.89. The Bertz CT molecular complexity index is 977. The number of methoxy groups -OCH3 is 1. The summed E-state index contributed by atoms with van der Waals surface area (Å²) in [6.07, 6.45) is 5.78. The highest BCUT2D eigenvalue weighted by Crippen LogP contribution is 2.61. The summed E-state index contributed by atoms with van der Waals surface area (Å²) < 4.78 is 23.6. The first-order valence-electron chi connectivity index (χ1n) is 10.8. The highest BCUT2D eigenvalue weighted by atomic mass is 35.5. The first-order valence-corrected chi connectivity index (χ1v) is 11.2. The third-order valence-electron chi connectivity index (χ3n) is 7.41. The Morgan fingerprint density at radius 3 is 2.56 bits per heavy atom. The molecule has 32 heavy (non-hydrogen) atoms. The highest BCUT2D eigenvalue weighted by Gasteiger charge is 2.73. The summed E-state index contributed by atoms with van der Waals surface area (Å²) in [5.41, 5.74) is -0.319. The monoisotopic (exact) mass is 464 g/mol. The number of aliphatic hydroxyl groups is 1. The van der Waals surface area contributed by atoms with Crippen LogP contribution in [0.15, 0.2) is 46.4 Å². The molecule has 3 aliphatic heterocycles. The Morgan fingerprint density at radius 2 is 1.94 bits per heavy atom. The molecule has 0 aromatic carbocycles. The second-order valence-corrected chi connectivity index (χ2v) is 9.65. The second-order valence-electron chi connectivity index (χ2n) is 9.27. The van der Waals surface area contributed by atoms with Crippen molar-refractivity contribution in [1.29, 1.82) is 0 Å². The van der Waals surface area contributed by atoms with Crippen molar-refractivity contribution in [3.63, 3.8) is 0 Å². The van der Waals surface area contributed by atoms with Crippen LogP contribution in [0.2, 0.25) is 0 Å². The fraction of sp³-hybridized carbons (Fsp3) is 0.583. The molecule has 1 N–H and O–H groups in total. The van der Waals surface area contributed by atoms with Crippen LogP contribution in [0.3, 0.4) is 0 Å². The number of cyclic esters (lactones) is 1. The Balaban J connectivity index is 1.79. The molecule has 8 atom stereocenters. The van der Waals surface area contributed by atoms with Gasteiger partial charge in [0.15, 0.2) is 5.79 Å². The van der Waals surface area contributed by atoms with Gasteiger partial charge in [0.05, 0.1) is 17.4 Å². The van der Waals surface area contributed by atoms with Crippen LogP contribution in [0.4, 0.5) is 0 Å². The molecule has 0 aromatic heterocycles. The van der Waals surface area contributed by atoms with Gasteiger partial charge in [-0.1, -0.05) is 31.5 Å². The number of rotatable bonds is 4. The molecule has 0 bridgehead atoms. The van der Waals surface area contributed by atoms with E-state index in [-0.39, 0.29) is 16.9 Å². The van der Waals surface area contributed by atoms with E-state index in [1.54, 1.807) is 32.9 Å². The second kappa shape index (κ2) is 7.83. The number of ether oxygens (including phenoxy) is 4. The van der Waals surface area contributed by atoms with E-state index in [0.717, 1.165) is 0 Å². The average Bonchev–Trinajstić information content (AvgIpc) is 3.05. The zero-order valence-electron chi connectivity index (χ0n) is 19.0. The van der Waals surface area contributed by atoms with Crippen LogP contribution < -0.4 is 0 Å². The predicted molar refractivity (Wildman–Crippen MR) is 116 cm³/mol. The first kappa shape index (κ1) is 23.2. The van der Waals surface area contributed by atoms with Crippen molar-refractivity contribution >= 4 is 23.4 Å². The first-order chi connectivity index (χ1) is 15.0. The molecule has 8 unspecified atom stereocenters. The lowest BCUT2D eigenvalue weighted by atomic mass is 9.65. The Kier molecular flexibility index (Phi) is 5.69. The lowest BCUT2D eigenvalue weighted by molar-refractivity contribution is -0.298. The number of fused-ring (bicyclic) bond motifs is 5. The van der Waals surface area contributed by atoms with E-state index in [1.165, 1.54) is 13.4 Å². The number of carbonyl (C=O) groups is 2. The van der Waals surface area contributed by atoms with Crippen LogP contribution in [-0.4, -0.2) is 47.6 Å². The third kappa shape index (κ3) is 3.13. The van der Waals surface area contributed by atoms with Crippen molar-refractivity contribution in [3.8, 4) is 0 Å². The molecule has 0 saturated carbocycles. The summed E-state index contributed by atoms with van der Waals surface area (Å²) >= 11 is 6.55. The van der Waals surface area contributed by atoms with Crippen LogP contribution in [0, 0.1) is 23.7 Å². The Hall–Kier alpha value is -1.93. The number of carbonyl (C=O) groups excluding carboxylic acids is 2. The van der Waals surface area contributed by atoms with Gasteiger partial charge in [0.25, 0.3) is 0 Å². The lowest BCUT2D eigenvalue weighted by Crippen LogP contribution is -2.57. The summed E-state index contributed by atoms with van der Waals surface area (Å²) in [5, 5.41) is 9.72.